The predicted molar refractivity (Wildman–Crippen MR) is 184 cm³/mol. The summed E-state index contributed by atoms with van der Waals surface area (Å²) in [4.78, 5) is 65.3. The van der Waals surface area contributed by atoms with Crippen LogP contribution in [0.5, 0.6) is 5.75 Å². The van der Waals surface area contributed by atoms with Crippen molar-refractivity contribution in [2.24, 2.45) is 0 Å². The van der Waals surface area contributed by atoms with Crippen LogP contribution in [0.2, 0.25) is 5.02 Å². The Balaban J connectivity index is 1.22. The molecule has 2 saturated heterocycles. The molecule has 3 aromatic rings. The van der Waals surface area contributed by atoms with Crippen LogP contribution in [0.25, 0.3) is 0 Å². The highest BCUT2D eigenvalue weighted by atomic mass is 35.5. The normalized spacial score (nSPS) is 21.8. The number of anilines is 2. The maximum absolute atomic E-state index is 14.6. The molecule has 0 bridgehead atoms. The zero-order valence-electron chi connectivity index (χ0n) is 28.5. The summed E-state index contributed by atoms with van der Waals surface area (Å²) in [5.41, 5.74) is 0.917. The molecule has 4 heterocycles. The minimum Gasteiger partial charge on any atom is -0.504 e. The van der Waals surface area contributed by atoms with Crippen LogP contribution in [0.4, 0.5) is 24.7 Å². The molecule has 2 aromatic heterocycles. The second-order valence-corrected chi connectivity index (χ2v) is 13.7. The molecule has 3 atom stereocenters. The average molecular weight is 740 g/mol. The Morgan fingerprint density at radius 1 is 1.08 bits per heavy atom. The number of Topliss-reactive ketones (excluding diaryl/α,β-unsaturated/α-hetero) is 1. The first-order valence-electron chi connectivity index (χ1n) is 17.2. The first-order chi connectivity index (χ1) is 24.9. The van der Waals surface area contributed by atoms with Gasteiger partial charge in [0.1, 0.15) is 17.8 Å². The maximum Gasteiger partial charge on any atom is 0.416 e. The summed E-state index contributed by atoms with van der Waals surface area (Å²) in [6.45, 7) is 6.88. The number of halogens is 4. The highest BCUT2D eigenvalue weighted by molar-refractivity contribution is 6.33. The van der Waals surface area contributed by atoms with Crippen LogP contribution in [-0.4, -0.2) is 104 Å². The molecule has 1 saturated carbocycles. The van der Waals surface area contributed by atoms with Crippen molar-refractivity contribution >= 4 is 40.7 Å². The molecule has 0 spiro atoms. The van der Waals surface area contributed by atoms with Gasteiger partial charge in [-0.05, 0) is 50.0 Å². The summed E-state index contributed by atoms with van der Waals surface area (Å²) < 4.78 is 39.8. The summed E-state index contributed by atoms with van der Waals surface area (Å²) in [6, 6.07) is 2.26. The Morgan fingerprint density at radius 3 is 2.50 bits per heavy atom. The van der Waals surface area contributed by atoms with E-state index < -0.39 is 29.5 Å². The molecule has 13 nitrogen and oxygen atoms in total. The van der Waals surface area contributed by atoms with Gasteiger partial charge < -0.3 is 30.4 Å². The van der Waals surface area contributed by atoms with Crippen molar-refractivity contribution < 1.29 is 32.7 Å². The molecule has 2 aliphatic heterocycles. The van der Waals surface area contributed by atoms with E-state index in [1.54, 1.807) is 18.0 Å². The van der Waals surface area contributed by atoms with E-state index in [4.69, 9.17) is 21.6 Å². The van der Waals surface area contributed by atoms with Gasteiger partial charge in [0.05, 0.1) is 45.6 Å². The quantitative estimate of drug-likeness (QED) is 0.317. The molecule has 3 fully saturated rings. The van der Waals surface area contributed by atoms with Crippen LogP contribution >= 0.6 is 11.6 Å². The fourth-order valence-electron chi connectivity index (χ4n) is 7.60. The van der Waals surface area contributed by atoms with Gasteiger partial charge in [0.15, 0.2) is 11.4 Å². The molecule has 1 unspecified atom stereocenters. The van der Waals surface area contributed by atoms with E-state index in [1.807, 2.05) is 16.7 Å². The Labute approximate surface area is 302 Å². The topological polar surface area (TPSA) is 157 Å². The minimum atomic E-state index is -4.60. The van der Waals surface area contributed by atoms with Crippen molar-refractivity contribution in [3.05, 3.63) is 75.4 Å². The van der Waals surface area contributed by atoms with Gasteiger partial charge in [0.25, 0.3) is 5.91 Å². The number of benzene rings is 1. The van der Waals surface area contributed by atoms with Gasteiger partial charge in [0.2, 0.25) is 11.7 Å². The molecular formula is C35H37ClF3N9O4. The number of carbonyl (C=O) groups excluding carboxylic acids is 3. The number of rotatable bonds is 7. The number of nitrogens with zero attached hydrogens (tertiary/aromatic N) is 7. The number of piperazine rings is 2. The third kappa shape index (κ3) is 6.42. The van der Waals surface area contributed by atoms with E-state index in [2.05, 4.69) is 20.6 Å². The van der Waals surface area contributed by atoms with Crippen molar-refractivity contribution in [3.8, 4) is 5.75 Å². The largest absolute Gasteiger partial charge is 0.504 e. The molecule has 52 heavy (non-hydrogen) atoms. The number of aromatic hydroxyl groups is 1. The number of ketones is 1. The smallest absolute Gasteiger partial charge is 0.416 e. The van der Waals surface area contributed by atoms with E-state index in [-0.39, 0.29) is 58.7 Å². The number of hydrogen-bond acceptors (Lipinski definition) is 11. The highest BCUT2D eigenvalue weighted by Gasteiger charge is 2.49. The lowest BCUT2D eigenvalue weighted by atomic mass is 9.77. The van der Waals surface area contributed by atoms with Gasteiger partial charge in [-0.15, -0.1) is 0 Å². The van der Waals surface area contributed by atoms with Crippen molar-refractivity contribution in [1.82, 2.24) is 35.1 Å². The molecule has 1 aromatic carbocycles. The Bertz CT molecular complexity index is 1970. The van der Waals surface area contributed by atoms with Crippen LogP contribution in [-0.2, 0) is 11.0 Å². The first-order valence-corrected chi connectivity index (χ1v) is 17.6. The summed E-state index contributed by atoms with van der Waals surface area (Å²) in [5.74, 6) is -1.65. The van der Waals surface area contributed by atoms with E-state index in [0.717, 1.165) is 31.3 Å². The fraction of sp³-hybridized carbons (Fsp3) is 0.457. The average Bonchev–Trinajstić information content (AvgIpc) is 3.11. The van der Waals surface area contributed by atoms with Crippen LogP contribution in [0, 0.1) is 6.92 Å². The molecule has 2 aliphatic carbocycles. The Hall–Kier alpha value is -4.83. The van der Waals surface area contributed by atoms with E-state index in [1.165, 1.54) is 6.33 Å². The minimum absolute atomic E-state index is 0.0252. The number of alkyl halides is 3. The zero-order chi connectivity index (χ0) is 36.9. The number of fused-ring (bicyclic) bond motifs is 2. The first kappa shape index (κ1) is 35.6. The number of carbonyl (C=O) groups is 3. The van der Waals surface area contributed by atoms with Crippen molar-refractivity contribution in [1.29, 1.82) is 0 Å². The Kier molecular flexibility index (Phi) is 9.54. The summed E-state index contributed by atoms with van der Waals surface area (Å²) in [5, 5.41) is 16.2. The van der Waals surface area contributed by atoms with Gasteiger partial charge in [-0.1, -0.05) is 18.5 Å². The lowest BCUT2D eigenvalue weighted by Gasteiger charge is -2.55. The van der Waals surface area contributed by atoms with Crippen LogP contribution < -0.4 is 15.5 Å². The molecule has 2 amide bonds. The van der Waals surface area contributed by atoms with Gasteiger partial charge in [-0.3, -0.25) is 19.4 Å². The SMILES string of the molecule is CCC1=C(N2CCN(C(=O)c3ncnc(C)c3O)[C@H]3CC[C@@H]32)C(=O)c2nc(N3CCNCC3)cnc2C1CC(=O)Nc1ccc(C(F)(F)F)cc1Cl. The second-order valence-electron chi connectivity index (χ2n) is 13.3. The highest BCUT2D eigenvalue weighted by Crippen LogP contribution is 2.45. The van der Waals surface area contributed by atoms with Crippen molar-refractivity contribution in [2.75, 3.05) is 49.5 Å². The number of aryl methyl sites for hydroxylation is 1. The molecule has 7 rings (SSSR count). The lowest BCUT2D eigenvalue weighted by molar-refractivity contribution is -0.137. The van der Waals surface area contributed by atoms with Gasteiger partial charge in [-0.2, -0.15) is 13.2 Å². The van der Waals surface area contributed by atoms with E-state index in [0.29, 0.717) is 67.4 Å². The third-order valence-electron chi connectivity index (χ3n) is 10.4. The van der Waals surface area contributed by atoms with Crippen LogP contribution in [0.3, 0.4) is 0 Å². The number of amides is 2. The van der Waals surface area contributed by atoms with Gasteiger partial charge in [-0.25, -0.2) is 15.0 Å². The monoisotopic (exact) mass is 739 g/mol. The number of hydrogen-bond donors (Lipinski definition) is 3. The third-order valence-corrected chi connectivity index (χ3v) is 10.7. The van der Waals surface area contributed by atoms with Crippen LogP contribution in [0.1, 0.15) is 76.5 Å². The lowest BCUT2D eigenvalue weighted by Crippen LogP contribution is -2.66. The predicted octanol–water partition coefficient (Wildman–Crippen LogP) is 4.32. The van der Waals surface area contributed by atoms with Crippen LogP contribution in [0.15, 0.2) is 42.0 Å². The molecule has 17 heteroatoms. The maximum atomic E-state index is 14.6. The number of aromatic nitrogens is 4. The Morgan fingerprint density at radius 2 is 1.83 bits per heavy atom. The molecule has 274 valence electrons. The van der Waals surface area contributed by atoms with E-state index >= 15 is 0 Å². The zero-order valence-corrected chi connectivity index (χ0v) is 29.3. The van der Waals surface area contributed by atoms with Gasteiger partial charge in [0, 0.05) is 57.6 Å². The van der Waals surface area contributed by atoms with Crippen molar-refractivity contribution in [3.63, 3.8) is 0 Å². The van der Waals surface area contributed by atoms with Crippen molar-refractivity contribution in [2.45, 2.75) is 63.7 Å². The summed E-state index contributed by atoms with van der Waals surface area (Å²) in [7, 11) is 0. The van der Waals surface area contributed by atoms with E-state index in [9.17, 15) is 32.7 Å². The second kappa shape index (κ2) is 14.0. The fourth-order valence-corrected chi connectivity index (χ4v) is 7.83. The molecular weight excluding hydrogens is 703 g/mol. The summed E-state index contributed by atoms with van der Waals surface area (Å²) in [6.07, 6.45) is -0.137. The number of allylic oxidation sites excluding steroid dienone is 2. The standard InChI is InChI=1S/C35H37ClF3N9O4/c1-3-20-21(15-27(49)44-23-5-4-19(14-22(23)36)35(37,38)39)28-29(45-26(16-41-28)46-10-8-40-9-11-46)33(51)31(20)47-12-13-48(25-7-6-24(25)47)34(52)30-32(50)18(2)42-17-43-30/h4-5,14,16-17,21,24-25,40,50H,3,6-13,15H2,1-2H3,(H,44,49)/t21?,24-,25-/m0/s1. The molecule has 3 N–H and O–H groups in total. The molecule has 4 aliphatic rings. The number of nitrogens with one attached hydrogen (secondary N) is 2. The molecule has 0 radical (unpaired) electrons. The van der Waals surface area contributed by atoms with Gasteiger partial charge >= 0.3 is 6.18 Å². The summed E-state index contributed by atoms with van der Waals surface area (Å²) >= 11 is 6.16.